The highest BCUT2D eigenvalue weighted by Crippen LogP contribution is 2.23. The Balaban J connectivity index is 0. The monoisotopic (exact) mass is 934 g/mol. The Bertz CT molecular complexity index is 1970. The highest BCUT2D eigenvalue weighted by molar-refractivity contribution is 9.08. The lowest BCUT2D eigenvalue weighted by atomic mass is 10.1. The van der Waals surface area contributed by atoms with Crippen molar-refractivity contribution in [1.82, 2.24) is 10.3 Å². The van der Waals surface area contributed by atoms with E-state index >= 15 is 0 Å². The van der Waals surface area contributed by atoms with Gasteiger partial charge in [-0.3, -0.25) is 4.79 Å². The number of aliphatic hydroxyl groups excluding tert-OH is 2. The molecule has 15 nitrogen and oxygen atoms in total. The third-order valence-corrected chi connectivity index (χ3v) is 7.78. The lowest BCUT2D eigenvalue weighted by molar-refractivity contribution is 0.112. The lowest BCUT2D eigenvalue weighted by Gasteiger charge is -1.99. The number of nitrogens with zero attached hydrogens (tertiary/aromatic N) is 3. The Hall–Kier alpha value is -5.90. The van der Waals surface area contributed by atoms with Gasteiger partial charge in [0.2, 0.25) is 0 Å². The number of nitrogens with two attached hydrogens (primary N) is 1. The highest BCUT2D eigenvalue weighted by Gasteiger charge is 2.06. The van der Waals surface area contributed by atoms with E-state index in [1.165, 1.54) is 0 Å². The number of ether oxygens (including phenoxy) is 4. The Kier molecular flexibility index (Phi) is 31.9. The Morgan fingerprint density at radius 1 is 0.750 bits per heavy atom. The van der Waals surface area contributed by atoms with Crippen LogP contribution in [0.4, 0.5) is 0 Å². The summed E-state index contributed by atoms with van der Waals surface area (Å²) >= 11 is 8.86. The molecule has 0 radical (unpaired) electrons. The zero-order valence-electron chi connectivity index (χ0n) is 32.4. The Morgan fingerprint density at radius 3 is 1.38 bits per heavy atom. The first-order valence-electron chi connectivity index (χ1n) is 16.5. The zero-order valence-corrected chi connectivity index (χ0v) is 35.6. The van der Waals surface area contributed by atoms with Gasteiger partial charge in [0.25, 0.3) is 0 Å². The normalized spacial score (nSPS) is 9.32. The molecule has 0 aliphatic carbocycles. The minimum Gasteiger partial charge on any atom is -0.497 e. The number of alkyl halides is 1. The number of carbonyl (C=O) groups excluding carboxylic acids is 1. The van der Waals surface area contributed by atoms with Gasteiger partial charge in [-0.15, -0.1) is 18.8 Å². The molecule has 0 amide bonds. The number of oxime groups is 1. The molecule has 18 heteroatoms. The van der Waals surface area contributed by atoms with Crippen LogP contribution < -0.4 is 24.8 Å². The summed E-state index contributed by atoms with van der Waals surface area (Å²) in [4.78, 5) is 10.2. The van der Waals surface area contributed by atoms with Crippen molar-refractivity contribution in [3.05, 3.63) is 132 Å². The quantitative estimate of drug-likeness (QED) is 0.0216. The molecule has 0 saturated heterocycles. The van der Waals surface area contributed by atoms with E-state index in [-0.39, 0.29) is 38.2 Å². The second kappa shape index (κ2) is 34.0. The van der Waals surface area contributed by atoms with Crippen molar-refractivity contribution >= 4 is 51.4 Å². The van der Waals surface area contributed by atoms with Gasteiger partial charge in [0.1, 0.15) is 59.6 Å². The molecule has 4 aromatic carbocycles. The van der Waals surface area contributed by atoms with E-state index < -0.39 is 0 Å². The third kappa shape index (κ3) is 20.7. The fraction of sp³-hybridized carbons (Fsp3) is 0.190. The van der Waals surface area contributed by atoms with Crippen LogP contribution in [0.3, 0.4) is 0 Å². The summed E-state index contributed by atoms with van der Waals surface area (Å²) in [5, 5.41) is 42.7. The number of aldehydes is 1. The molecule has 0 unspecified atom stereocenters. The van der Waals surface area contributed by atoms with E-state index in [1.54, 1.807) is 83.0 Å². The van der Waals surface area contributed by atoms with Crippen LogP contribution in [0.15, 0.2) is 123 Å². The number of aliphatic hydroxyl groups is 2. The van der Waals surface area contributed by atoms with Gasteiger partial charge in [0, 0.05) is 34.4 Å². The van der Waals surface area contributed by atoms with Crippen LogP contribution in [0.25, 0.3) is 22.5 Å². The molecule has 324 valence electrons. The maximum atomic E-state index is 10.2. The summed E-state index contributed by atoms with van der Waals surface area (Å²) in [6, 6.07) is 32.6. The summed E-state index contributed by atoms with van der Waals surface area (Å²) in [6.45, 7) is -0.289. The topological polar surface area (TPSA) is 225 Å². The standard InChI is InChI=1S/C11H10BrNO2.C11H11NO3.C8H8ClNO2.C8H8O2.C3H4O.CH4.ClH.H3NO/c1-14-9-4-2-8(3-5-9)11-6-10(7-12)15-13-11;1-14-9-4-2-8(3-5-9)11-6-10(7-13)15-12-11;1-12-7-4-2-6(3-5-7)8(9)10-11;1-10-8-4-2-7(6-9)3-5-8;1-2-3-4;;;1-2/h2-6H,7H2,1H3;2-6,13H,7H2,1H3;2-5,11H,1H3;2-6H,1H3;1,4H,3H2;1H4;1H;2H,1H2/b;;10-8-;;;;;. The smallest absolute Gasteiger partial charge is 0.175 e. The van der Waals surface area contributed by atoms with Crippen molar-refractivity contribution in [2.24, 2.45) is 11.1 Å². The van der Waals surface area contributed by atoms with Gasteiger partial charge in [-0.1, -0.05) is 56.3 Å². The van der Waals surface area contributed by atoms with Gasteiger partial charge >= 0.3 is 0 Å². The van der Waals surface area contributed by atoms with Crippen LogP contribution in [-0.2, 0) is 11.9 Å². The van der Waals surface area contributed by atoms with Gasteiger partial charge in [-0.05, 0) is 97.1 Å². The third-order valence-electron chi connectivity index (χ3n) is 6.94. The van der Waals surface area contributed by atoms with Crippen molar-refractivity contribution in [2.75, 3.05) is 35.0 Å². The van der Waals surface area contributed by atoms with Gasteiger partial charge in [-0.25, -0.2) is 5.90 Å². The average molecular weight is 937 g/mol. The minimum atomic E-state index is -0.153. The molecular formula is C42H49BrCl2N4O11. The zero-order chi connectivity index (χ0) is 43.1. The van der Waals surface area contributed by atoms with Crippen LogP contribution in [0.2, 0.25) is 0 Å². The molecular weight excluding hydrogens is 887 g/mol. The van der Waals surface area contributed by atoms with E-state index in [9.17, 15) is 4.79 Å². The Labute approximate surface area is 368 Å². The minimum absolute atomic E-state index is 0. The molecule has 0 saturated carbocycles. The first-order chi connectivity index (χ1) is 28.2. The van der Waals surface area contributed by atoms with E-state index in [0.717, 1.165) is 51.9 Å². The van der Waals surface area contributed by atoms with E-state index in [0.29, 0.717) is 27.9 Å². The maximum absolute atomic E-state index is 10.2. The molecule has 0 spiro atoms. The molecule has 0 bridgehead atoms. The Morgan fingerprint density at radius 2 is 1.10 bits per heavy atom. The molecule has 6 aromatic rings. The van der Waals surface area contributed by atoms with E-state index in [4.69, 9.17) is 60.2 Å². The fourth-order valence-corrected chi connectivity index (χ4v) is 4.42. The molecule has 60 heavy (non-hydrogen) atoms. The SMILES string of the molecule is C.C#CCO.COc1ccc(-c2cc(CBr)on2)cc1.COc1ccc(-c2cc(CO)on2)cc1.COc1ccc(/C(Cl)=N/O)cc1.COc1ccc(C=O)cc1.Cl.NO. The van der Waals surface area contributed by atoms with Crippen molar-refractivity contribution < 1.29 is 53.4 Å². The predicted octanol–water partition coefficient (Wildman–Crippen LogP) is 8.67. The fourth-order valence-electron chi connectivity index (χ4n) is 4.03. The van der Waals surface area contributed by atoms with Crippen molar-refractivity contribution in [2.45, 2.75) is 19.4 Å². The molecule has 2 heterocycles. The molecule has 6 rings (SSSR count). The van der Waals surface area contributed by atoms with Gasteiger partial charge < -0.3 is 48.6 Å². The molecule has 0 atom stereocenters. The van der Waals surface area contributed by atoms with Gasteiger partial charge in [0.15, 0.2) is 10.9 Å². The summed E-state index contributed by atoms with van der Waals surface area (Å²) < 4.78 is 30.0. The predicted molar refractivity (Wildman–Crippen MR) is 237 cm³/mol. The van der Waals surface area contributed by atoms with E-state index in [2.05, 4.69) is 43.7 Å². The number of rotatable bonds is 10. The number of aromatic nitrogens is 2. The number of methoxy groups -OCH3 is 4. The van der Waals surface area contributed by atoms with Crippen LogP contribution in [0.1, 0.15) is 34.9 Å². The van der Waals surface area contributed by atoms with Crippen LogP contribution in [-0.4, -0.2) is 77.4 Å². The number of halogens is 3. The van der Waals surface area contributed by atoms with Gasteiger partial charge in [-0.2, -0.15) is 0 Å². The average Bonchev–Trinajstić information content (AvgIpc) is 4.01. The lowest BCUT2D eigenvalue weighted by Crippen LogP contribution is -1.90. The highest BCUT2D eigenvalue weighted by atomic mass is 79.9. The second-order valence-corrected chi connectivity index (χ2v) is 11.4. The van der Waals surface area contributed by atoms with Gasteiger partial charge in [0.05, 0.1) is 33.8 Å². The number of terminal acetylenes is 1. The summed E-state index contributed by atoms with van der Waals surface area (Å²) in [5.41, 5.74) is 4.82. The van der Waals surface area contributed by atoms with Crippen molar-refractivity contribution in [3.8, 4) is 57.9 Å². The van der Waals surface area contributed by atoms with Crippen LogP contribution in [0.5, 0.6) is 23.0 Å². The number of carbonyl (C=O) groups is 1. The first-order valence-corrected chi connectivity index (χ1v) is 18.0. The first kappa shape index (κ1) is 56.2. The largest absolute Gasteiger partial charge is 0.497 e. The summed E-state index contributed by atoms with van der Waals surface area (Å²) in [6.07, 6.45) is 5.33. The molecule has 6 N–H and O–H groups in total. The van der Waals surface area contributed by atoms with Crippen LogP contribution >= 0.6 is 39.9 Å². The number of benzene rings is 4. The van der Waals surface area contributed by atoms with Crippen molar-refractivity contribution in [3.63, 3.8) is 0 Å². The maximum Gasteiger partial charge on any atom is 0.175 e. The molecule has 0 aliphatic rings. The number of hydrogen-bond donors (Lipinski definition) is 5. The molecule has 0 aliphatic heterocycles. The van der Waals surface area contributed by atoms with Crippen molar-refractivity contribution in [1.29, 1.82) is 0 Å². The molecule has 0 fully saturated rings. The second-order valence-electron chi connectivity index (χ2n) is 10.5. The van der Waals surface area contributed by atoms with Crippen LogP contribution in [0, 0.1) is 12.3 Å². The van der Waals surface area contributed by atoms with E-state index in [1.807, 2.05) is 60.5 Å². The number of hydrogen-bond acceptors (Lipinski definition) is 15. The summed E-state index contributed by atoms with van der Waals surface area (Å²) in [5.74, 6) is 9.90. The molecule has 2 aromatic heterocycles. The summed E-state index contributed by atoms with van der Waals surface area (Å²) in [7, 11) is 6.44.